The number of nitrogens with one attached hydrogen (secondary N) is 1. The maximum absolute atomic E-state index is 13.2. The molecule has 2 aromatic rings. The highest BCUT2D eigenvalue weighted by molar-refractivity contribution is 6.07. The average Bonchev–Trinajstić information content (AvgIpc) is 3.53. The van der Waals surface area contributed by atoms with Gasteiger partial charge >= 0.3 is 6.18 Å². The maximum atomic E-state index is 13.2. The SMILES string of the molecule is COCCOc1cc(C(=O)Nc2cccc(C(F)(F)F)c2)ccc1C1=NC([C@@H]2CC[C@H]3CCC(=O)N3C2)=C2C=NC=C[N+]12N. The van der Waals surface area contributed by atoms with Crippen LogP contribution in [0.25, 0.3) is 0 Å². The number of nitrogens with two attached hydrogens (primary N) is 1. The number of amides is 2. The van der Waals surface area contributed by atoms with Crippen LogP contribution in [-0.2, 0) is 15.7 Å². The lowest BCUT2D eigenvalue weighted by atomic mass is 9.90. The highest BCUT2D eigenvalue weighted by atomic mass is 19.4. The molecule has 0 spiro atoms. The van der Waals surface area contributed by atoms with Crippen molar-refractivity contribution in [2.24, 2.45) is 21.7 Å². The fourth-order valence-corrected chi connectivity index (χ4v) is 6.16. The Morgan fingerprint density at radius 2 is 2.00 bits per heavy atom. The number of amidine groups is 1. The predicted molar refractivity (Wildman–Crippen MR) is 156 cm³/mol. The van der Waals surface area contributed by atoms with Crippen molar-refractivity contribution in [2.45, 2.75) is 37.9 Å². The summed E-state index contributed by atoms with van der Waals surface area (Å²) in [6.45, 7) is 0.984. The molecule has 10 nitrogen and oxygen atoms in total. The fraction of sp³-hybridized carbons (Fsp3) is 0.355. The molecule has 2 aromatic carbocycles. The zero-order valence-electron chi connectivity index (χ0n) is 24.0. The number of allylic oxidation sites excluding steroid dienone is 1. The third-order valence-corrected chi connectivity index (χ3v) is 8.40. The van der Waals surface area contributed by atoms with Crippen LogP contribution in [0, 0.1) is 5.92 Å². The number of rotatable bonds is 8. The van der Waals surface area contributed by atoms with Gasteiger partial charge in [0.25, 0.3) is 11.7 Å². The lowest BCUT2D eigenvalue weighted by Gasteiger charge is -2.35. The molecule has 2 amide bonds. The van der Waals surface area contributed by atoms with Gasteiger partial charge in [0.15, 0.2) is 0 Å². The van der Waals surface area contributed by atoms with E-state index in [-0.39, 0.29) is 46.9 Å². The third kappa shape index (κ3) is 5.53. The number of aliphatic imine (C=N–C) groups is 2. The predicted octanol–water partition coefficient (Wildman–Crippen LogP) is 4.60. The molecule has 0 radical (unpaired) electrons. The van der Waals surface area contributed by atoms with Crippen molar-refractivity contribution in [1.82, 2.24) is 4.90 Å². The van der Waals surface area contributed by atoms with Gasteiger partial charge in [-0.2, -0.15) is 24.0 Å². The average molecular weight is 610 g/mol. The van der Waals surface area contributed by atoms with Crippen molar-refractivity contribution in [2.75, 3.05) is 32.2 Å². The summed E-state index contributed by atoms with van der Waals surface area (Å²) in [6, 6.07) is 9.41. The van der Waals surface area contributed by atoms with E-state index in [9.17, 15) is 22.8 Å². The highest BCUT2D eigenvalue weighted by Gasteiger charge is 2.48. The first-order valence-electron chi connectivity index (χ1n) is 14.3. The number of methoxy groups -OCH3 is 1. The van der Waals surface area contributed by atoms with Crippen LogP contribution in [0.15, 0.2) is 76.2 Å². The second-order valence-corrected chi connectivity index (χ2v) is 11.2. The second kappa shape index (κ2) is 11.6. The third-order valence-electron chi connectivity index (χ3n) is 8.40. The van der Waals surface area contributed by atoms with Crippen molar-refractivity contribution >= 4 is 29.6 Å². The normalized spacial score (nSPS) is 24.3. The molecular formula is C31H32F3N6O4+. The van der Waals surface area contributed by atoms with E-state index in [0.29, 0.717) is 35.8 Å². The fourth-order valence-electron chi connectivity index (χ4n) is 6.16. The summed E-state index contributed by atoms with van der Waals surface area (Å²) in [5.74, 6) is 7.24. The minimum atomic E-state index is -4.55. The number of anilines is 1. The Balaban J connectivity index is 1.33. The molecule has 13 heteroatoms. The molecule has 0 bridgehead atoms. The van der Waals surface area contributed by atoms with Crippen molar-refractivity contribution in [3.05, 3.63) is 82.9 Å². The van der Waals surface area contributed by atoms with Crippen LogP contribution in [-0.4, -0.2) is 66.3 Å². The second-order valence-electron chi connectivity index (χ2n) is 11.2. The van der Waals surface area contributed by atoms with Crippen molar-refractivity contribution < 1.29 is 36.8 Å². The Morgan fingerprint density at radius 1 is 1.16 bits per heavy atom. The first-order chi connectivity index (χ1) is 21.1. The van der Waals surface area contributed by atoms with E-state index in [1.54, 1.807) is 30.7 Å². The Bertz CT molecular complexity index is 1620. The van der Waals surface area contributed by atoms with Crippen molar-refractivity contribution in [1.29, 1.82) is 0 Å². The van der Waals surface area contributed by atoms with Crippen LogP contribution in [0.3, 0.4) is 0 Å². The summed E-state index contributed by atoms with van der Waals surface area (Å²) in [4.78, 5) is 37.0. The molecule has 0 saturated carbocycles. The van der Waals surface area contributed by atoms with Gasteiger partial charge < -0.3 is 19.7 Å². The van der Waals surface area contributed by atoms with Gasteiger partial charge in [-0.15, -0.1) is 4.59 Å². The number of halogens is 3. The monoisotopic (exact) mass is 609 g/mol. The molecule has 4 aliphatic rings. The molecule has 1 unspecified atom stereocenters. The molecule has 230 valence electrons. The number of alkyl halides is 3. The summed E-state index contributed by atoms with van der Waals surface area (Å²) in [6.07, 6.45) is 3.62. The highest BCUT2D eigenvalue weighted by Crippen LogP contribution is 2.41. The summed E-state index contributed by atoms with van der Waals surface area (Å²) < 4.78 is 50.5. The lowest BCUT2D eigenvalue weighted by molar-refractivity contribution is -0.750. The van der Waals surface area contributed by atoms with Crippen molar-refractivity contribution in [3.8, 4) is 5.75 Å². The first-order valence-corrected chi connectivity index (χ1v) is 14.3. The molecule has 0 aliphatic carbocycles. The Kier molecular flexibility index (Phi) is 7.86. The molecule has 4 aliphatic heterocycles. The number of benzene rings is 2. The van der Waals surface area contributed by atoms with Crippen LogP contribution in [0.2, 0.25) is 0 Å². The van der Waals surface area contributed by atoms with Gasteiger partial charge in [0, 0.05) is 43.3 Å². The van der Waals surface area contributed by atoms with Gasteiger partial charge in [0.1, 0.15) is 29.8 Å². The zero-order chi connectivity index (χ0) is 31.1. The number of piperidine rings is 1. The molecule has 6 rings (SSSR count). The molecule has 0 aromatic heterocycles. The molecule has 4 heterocycles. The minimum absolute atomic E-state index is 0.00446. The van der Waals surface area contributed by atoms with Gasteiger partial charge in [0.2, 0.25) is 11.6 Å². The van der Waals surface area contributed by atoms with E-state index in [4.69, 9.17) is 20.3 Å². The molecule has 44 heavy (non-hydrogen) atoms. The first kappa shape index (κ1) is 29.7. The van der Waals surface area contributed by atoms with Crippen LogP contribution in [0.5, 0.6) is 5.75 Å². The lowest BCUT2D eigenvalue weighted by Crippen LogP contribution is -2.53. The number of fused-ring (bicyclic) bond motifs is 2. The molecule has 3 atom stereocenters. The molecule has 2 saturated heterocycles. The maximum Gasteiger partial charge on any atom is 0.416 e. The summed E-state index contributed by atoms with van der Waals surface area (Å²) >= 11 is 0. The number of carbonyl (C=O) groups is 2. The number of hydrogen-bond acceptors (Lipinski definition) is 7. The van der Waals surface area contributed by atoms with Gasteiger partial charge in [0.05, 0.1) is 24.6 Å². The van der Waals surface area contributed by atoms with Gasteiger partial charge in [-0.3, -0.25) is 14.6 Å². The smallest absolute Gasteiger partial charge is 0.416 e. The Labute approximate surface area is 251 Å². The largest absolute Gasteiger partial charge is 0.490 e. The number of nitrogens with zero attached hydrogens (tertiary/aromatic N) is 4. The van der Waals surface area contributed by atoms with E-state index in [1.807, 2.05) is 4.90 Å². The van der Waals surface area contributed by atoms with E-state index in [2.05, 4.69) is 10.3 Å². The van der Waals surface area contributed by atoms with E-state index < -0.39 is 17.6 Å². The Hall–Kier alpha value is -4.33. The number of carbonyl (C=O) groups excluding carboxylic acids is 2. The molecule has 3 N–H and O–H groups in total. The summed E-state index contributed by atoms with van der Waals surface area (Å²) in [7, 11) is 1.53. The number of hydrogen-bond donors (Lipinski definition) is 2. The van der Waals surface area contributed by atoms with Gasteiger partial charge in [-0.1, -0.05) is 6.07 Å². The standard InChI is InChI=1S/C31H31F3N6O4/c1-43-13-14-44-26-15-19(30(42)37-22-4-2-3-21(16-22)31(32,33)34)6-9-24(26)29-38-28(25-17-36-11-12-40(25,29)35)20-5-7-23-8-10-27(41)39(23)18-20/h2-4,6,9,11-12,15-17,20,23H,5,7-8,10,13-14,18,35H2,1H3/p+1/t20-,23+,40?/m1/s1. The summed E-state index contributed by atoms with van der Waals surface area (Å²) in [5.41, 5.74) is 1.26. The van der Waals surface area contributed by atoms with Crippen LogP contribution in [0.1, 0.15) is 47.2 Å². The Morgan fingerprint density at radius 3 is 2.80 bits per heavy atom. The van der Waals surface area contributed by atoms with Crippen LogP contribution >= 0.6 is 0 Å². The topological polar surface area (TPSA) is 119 Å². The summed E-state index contributed by atoms with van der Waals surface area (Å²) in [5, 5.41) is 2.53. The molecular weight excluding hydrogens is 577 g/mol. The van der Waals surface area contributed by atoms with Gasteiger partial charge in [-0.25, -0.2) is 0 Å². The molecule has 2 fully saturated rings. The minimum Gasteiger partial charge on any atom is -0.490 e. The van der Waals surface area contributed by atoms with E-state index >= 15 is 0 Å². The zero-order valence-corrected chi connectivity index (χ0v) is 24.0. The van der Waals surface area contributed by atoms with Gasteiger partial charge in [-0.05, 0) is 55.7 Å². The number of quaternary nitrogens is 1. The van der Waals surface area contributed by atoms with Crippen LogP contribution < -0.4 is 15.9 Å². The van der Waals surface area contributed by atoms with Crippen molar-refractivity contribution in [3.63, 3.8) is 0 Å². The van der Waals surface area contributed by atoms with E-state index in [1.165, 1.54) is 25.3 Å². The van der Waals surface area contributed by atoms with E-state index in [0.717, 1.165) is 37.1 Å². The number of ether oxygens (including phenoxy) is 2. The van der Waals surface area contributed by atoms with Crippen LogP contribution in [0.4, 0.5) is 18.9 Å². The quantitative estimate of drug-likeness (QED) is 0.258.